The SMILES string of the molecule is Cc1cc(C)c(N=C(Cl)C(c2ccccc2)c2ccccc2)c(C)c1. The Morgan fingerprint density at radius 3 is 1.64 bits per heavy atom. The molecular formula is C23H22ClN. The molecule has 1 nitrogen and oxygen atoms in total. The molecule has 126 valence electrons. The van der Waals surface area contributed by atoms with Crippen LogP contribution in [0.5, 0.6) is 0 Å². The predicted octanol–water partition coefficient (Wildman–Crippen LogP) is 6.71. The second-order valence-electron chi connectivity index (χ2n) is 6.44. The summed E-state index contributed by atoms with van der Waals surface area (Å²) >= 11 is 6.78. The van der Waals surface area contributed by atoms with Crippen molar-refractivity contribution in [2.75, 3.05) is 0 Å². The molecule has 0 radical (unpaired) electrons. The number of benzene rings is 3. The first-order valence-corrected chi connectivity index (χ1v) is 8.86. The molecule has 0 bridgehead atoms. The molecule has 0 fully saturated rings. The van der Waals surface area contributed by atoms with Crippen LogP contribution in [0.4, 0.5) is 5.69 Å². The summed E-state index contributed by atoms with van der Waals surface area (Å²) in [5, 5.41) is 0.590. The summed E-state index contributed by atoms with van der Waals surface area (Å²) in [7, 11) is 0. The van der Waals surface area contributed by atoms with Crippen molar-refractivity contribution < 1.29 is 0 Å². The van der Waals surface area contributed by atoms with Gasteiger partial charge in [0, 0.05) is 0 Å². The monoisotopic (exact) mass is 347 g/mol. The van der Waals surface area contributed by atoms with Crippen LogP contribution in [0.2, 0.25) is 0 Å². The molecule has 0 aromatic heterocycles. The summed E-state index contributed by atoms with van der Waals surface area (Å²) in [5.41, 5.74) is 6.79. The van der Waals surface area contributed by atoms with Crippen molar-refractivity contribution in [1.82, 2.24) is 0 Å². The van der Waals surface area contributed by atoms with Gasteiger partial charge in [-0.05, 0) is 43.0 Å². The van der Waals surface area contributed by atoms with Gasteiger partial charge < -0.3 is 0 Å². The standard InChI is InChI=1S/C23H22ClN/c1-16-14-17(2)22(18(3)15-16)25-23(24)21(19-10-6-4-7-11-19)20-12-8-5-9-13-20/h4-15,21H,1-3H3. The van der Waals surface area contributed by atoms with Crippen molar-refractivity contribution in [3.05, 3.63) is 101 Å². The lowest BCUT2D eigenvalue weighted by molar-refractivity contribution is 1.09. The van der Waals surface area contributed by atoms with Crippen LogP contribution < -0.4 is 0 Å². The molecule has 0 atom stereocenters. The highest BCUT2D eigenvalue weighted by Crippen LogP contribution is 2.32. The summed E-state index contributed by atoms with van der Waals surface area (Å²) in [6.45, 7) is 6.28. The summed E-state index contributed by atoms with van der Waals surface area (Å²) < 4.78 is 0. The van der Waals surface area contributed by atoms with Gasteiger partial charge >= 0.3 is 0 Å². The number of hydrogen-bond acceptors (Lipinski definition) is 1. The molecule has 25 heavy (non-hydrogen) atoms. The van der Waals surface area contributed by atoms with Gasteiger partial charge in [-0.15, -0.1) is 0 Å². The fourth-order valence-electron chi connectivity index (χ4n) is 3.28. The van der Waals surface area contributed by atoms with Crippen molar-refractivity contribution in [2.24, 2.45) is 4.99 Å². The Morgan fingerprint density at radius 1 is 0.760 bits per heavy atom. The lowest BCUT2D eigenvalue weighted by Crippen LogP contribution is -2.09. The van der Waals surface area contributed by atoms with Gasteiger partial charge in [-0.1, -0.05) is 90.0 Å². The van der Waals surface area contributed by atoms with Crippen molar-refractivity contribution >= 4 is 22.5 Å². The van der Waals surface area contributed by atoms with E-state index in [4.69, 9.17) is 16.6 Å². The molecule has 3 aromatic carbocycles. The molecule has 0 amide bonds. The van der Waals surface area contributed by atoms with Crippen LogP contribution in [-0.2, 0) is 0 Å². The summed E-state index contributed by atoms with van der Waals surface area (Å²) in [5.74, 6) is -0.0656. The zero-order valence-corrected chi connectivity index (χ0v) is 15.6. The van der Waals surface area contributed by atoms with Crippen LogP contribution in [0.25, 0.3) is 0 Å². The number of hydrogen-bond donors (Lipinski definition) is 0. The number of aryl methyl sites for hydroxylation is 3. The minimum absolute atomic E-state index is 0.0656. The molecular weight excluding hydrogens is 326 g/mol. The van der Waals surface area contributed by atoms with E-state index in [9.17, 15) is 0 Å². The third-order valence-electron chi connectivity index (χ3n) is 4.36. The topological polar surface area (TPSA) is 12.4 Å². The van der Waals surface area contributed by atoms with Gasteiger partial charge in [0.15, 0.2) is 0 Å². The van der Waals surface area contributed by atoms with E-state index in [1.165, 1.54) is 5.56 Å². The highest BCUT2D eigenvalue weighted by Gasteiger charge is 2.19. The van der Waals surface area contributed by atoms with E-state index in [-0.39, 0.29) is 5.92 Å². The second kappa shape index (κ2) is 7.67. The third-order valence-corrected chi connectivity index (χ3v) is 4.66. The van der Waals surface area contributed by atoms with E-state index in [0.29, 0.717) is 5.17 Å². The highest BCUT2D eigenvalue weighted by molar-refractivity contribution is 6.67. The maximum atomic E-state index is 6.78. The quantitative estimate of drug-likeness (QED) is 0.465. The molecule has 0 heterocycles. The number of rotatable bonds is 4. The molecule has 0 spiro atoms. The molecule has 0 N–H and O–H groups in total. The minimum Gasteiger partial charge on any atom is -0.240 e. The maximum absolute atomic E-state index is 6.78. The van der Waals surface area contributed by atoms with Gasteiger partial charge in [-0.2, -0.15) is 0 Å². The van der Waals surface area contributed by atoms with Gasteiger partial charge in [0.1, 0.15) is 5.17 Å². The van der Waals surface area contributed by atoms with E-state index in [1.807, 2.05) is 36.4 Å². The Hall–Kier alpha value is -2.38. The van der Waals surface area contributed by atoms with Crippen LogP contribution in [0.1, 0.15) is 33.7 Å². The molecule has 2 heteroatoms. The van der Waals surface area contributed by atoms with Gasteiger partial charge in [0.2, 0.25) is 0 Å². The average Bonchev–Trinajstić information content (AvgIpc) is 2.60. The highest BCUT2D eigenvalue weighted by atomic mass is 35.5. The van der Waals surface area contributed by atoms with Crippen LogP contribution >= 0.6 is 11.6 Å². The summed E-state index contributed by atoms with van der Waals surface area (Å²) in [6.07, 6.45) is 0. The van der Waals surface area contributed by atoms with Crippen molar-refractivity contribution in [3.63, 3.8) is 0 Å². The fourth-order valence-corrected chi connectivity index (χ4v) is 3.62. The van der Waals surface area contributed by atoms with Crippen LogP contribution in [-0.4, -0.2) is 5.17 Å². The fraction of sp³-hybridized carbons (Fsp3) is 0.174. The normalized spacial score (nSPS) is 11.8. The summed E-state index contributed by atoms with van der Waals surface area (Å²) in [4.78, 5) is 4.83. The van der Waals surface area contributed by atoms with Crippen molar-refractivity contribution in [1.29, 1.82) is 0 Å². The van der Waals surface area contributed by atoms with Gasteiger partial charge in [0.05, 0.1) is 11.6 Å². The third kappa shape index (κ3) is 4.00. The molecule has 0 aliphatic rings. The maximum Gasteiger partial charge on any atom is 0.118 e. The van der Waals surface area contributed by atoms with E-state index < -0.39 is 0 Å². The Bertz CT molecular complexity index is 820. The molecule has 3 rings (SSSR count). The van der Waals surface area contributed by atoms with E-state index in [2.05, 4.69) is 57.2 Å². The smallest absolute Gasteiger partial charge is 0.118 e. The Kier molecular flexibility index (Phi) is 5.35. The number of aliphatic imine (C=N–C) groups is 1. The molecule has 0 aliphatic carbocycles. The van der Waals surface area contributed by atoms with Crippen molar-refractivity contribution in [2.45, 2.75) is 26.7 Å². The molecule has 0 saturated heterocycles. The van der Waals surface area contributed by atoms with E-state index >= 15 is 0 Å². The predicted molar refractivity (Wildman–Crippen MR) is 108 cm³/mol. The van der Waals surface area contributed by atoms with E-state index in [0.717, 1.165) is 27.9 Å². The lowest BCUT2D eigenvalue weighted by Gasteiger charge is -2.17. The molecule has 0 unspecified atom stereocenters. The van der Waals surface area contributed by atoms with Crippen molar-refractivity contribution in [3.8, 4) is 0 Å². The molecule has 3 aromatic rings. The van der Waals surface area contributed by atoms with Crippen LogP contribution in [0, 0.1) is 20.8 Å². The van der Waals surface area contributed by atoms with Crippen LogP contribution in [0.15, 0.2) is 77.8 Å². The Balaban J connectivity index is 2.11. The van der Waals surface area contributed by atoms with Crippen LogP contribution in [0.3, 0.4) is 0 Å². The largest absolute Gasteiger partial charge is 0.240 e. The van der Waals surface area contributed by atoms with E-state index in [1.54, 1.807) is 0 Å². The Morgan fingerprint density at radius 2 is 1.20 bits per heavy atom. The second-order valence-corrected chi connectivity index (χ2v) is 6.82. The molecule has 0 aliphatic heterocycles. The Labute approximate surface area is 155 Å². The number of nitrogens with zero attached hydrogens (tertiary/aromatic N) is 1. The molecule has 0 saturated carbocycles. The summed E-state index contributed by atoms with van der Waals surface area (Å²) in [6, 6.07) is 24.9. The first-order valence-electron chi connectivity index (χ1n) is 8.48. The first kappa shape index (κ1) is 17.4. The first-order chi connectivity index (χ1) is 12.1. The van der Waals surface area contributed by atoms with Gasteiger partial charge in [-0.3, -0.25) is 0 Å². The average molecular weight is 348 g/mol. The zero-order chi connectivity index (χ0) is 17.8. The lowest BCUT2D eigenvalue weighted by atomic mass is 9.92. The minimum atomic E-state index is -0.0656. The van der Waals surface area contributed by atoms with Gasteiger partial charge in [-0.25, -0.2) is 4.99 Å². The van der Waals surface area contributed by atoms with Gasteiger partial charge in [0.25, 0.3) is 0 Å². The number of halogens is 1. The zero-order valence-electron chi connectivity index (χ0n) is 14.8.